The third-order valence-corrected chi connectivity index (χ3v) is 3.51. The van der Waals surface area contributed by atoms with Crippen molar-refractivity contribution >= 4 is 23.2 Å². The number of aryl methyl sites for hydroxylation is 1. The first-order chi connectivity index (χ1) is 12.2. The molecule has 1 heterocycles. The molecule has 25 heavy (non-hydrogen) atoms. The summed E-state index contributed by atoms with van der Waals surface area (Å²) in [5.41, 5.74) is 1.69. The van der Waals surface area contributed by atoms with Crippen LogP contribution in [0.15, 0.2) is 66.7 Å². The van der Waals surface area contributed by atoms with Gasteiger partial charge in [-0.15, -0.1) is 10.2 Å². The quantitative estimate of drug-likeness (QED) is 0.716. The molecule has 5 nitrogen and oxygen atoms in total. The first-order valence-electron chi connectivity index (χ1n) is 7.89. The van der Waals surface area contributed by atoms with E-state index in [0.29, 0.717) is 30.2 Å². The van der Waals surface area contributed by atoms with Gasteiger partial charge in [0.2, 0.25) is 5.91 Å². The summed E-state index contributed by atoms with van der Waals surface area (Å²) in [7, 11) is 0. The molecular weight excluding hydrogens is 319 g/mol. The van der Waals surface area contributed by atoms with Gasteiger partial charge in [-0.25, -0.2) is 4.39 Å². The molecule has 126 valence electrons. The Bertz CT molecular complexity index is 838. The van der Waals surface area contributed by atoms with Crippen LogP contribution in [0.2, 0.25) is 0 Å². The predicted molar refractivity (Wildman–Crippen MR) is 95.1 cm³/mol. The van der Waals surface area contributed by atoms with Crippen LogP contribution in [0.25, 0.3) is 0 Å². The van der Waals surface area contributed by atoms with Gasteiger partial charge in [0.1, 0.15) is 5.82 Å². The van der Waals surface area contributed by atoms with E-state index in [1.54, 1.807) is 24.3 Å². The van der Waals surface area contributed by atoms with E-state index in [1.807, 2.05) is 30.3 Å². The molecule has 0 saturated carbocycles. The van der Waals surface area contributed by atoms with Crippen molar-refractivity contribution in [3.8, 4) is 0 Å². The second-order valence-corrected chi connectivity index (χ2v) is 5.47. The number of nitrogens with one attached hydrogen (secondary N) is 2. The Balaban J connectivity index is 1.52. The van der Waals surface area contributed by atoms with Crippen molar-refractivity contribution in [2.75, 3.05) is 10.6 Å². The summed E-state index contributed by atoms with van der Waals surface area (Å²) in [6.45, 7) is 0. The average molecular weight is 336 g/mol. The maximum Gasteiger partial charge on any atom is 0.225 e. The van der Waals surface area contributed by atoms with Gasteiger partial charge in [0.05, 0.1) is 0 Å². The van der Waals surface area contributed by atoms with Gasteiger partial charge in [-0.1, -0.05) is 36.4 Å². The van der Waals surface area contributed by atoms with Crippen LogP contribution in [0.1, 0.15) is 12.0 Å². The SMILES string of the molecule is O=C(CCc1ccccc1)Nc1ccc(Nc2cccc(F)c2)nn1. The number of carbonyl (C=O) groups is 1. The van der Waals surface area contributed by atoms with Crippen LogP contribution in [0.5, 0.6) is 0 Å². The zero-order valence-corrected chi connectivity index (χ0v) is 13.4. The molecule has 3 rings (SSSR count). The number of halogens is 1. The maximum absolute atomic E-state index is 13.1. The molecule has 1 aromatic heterocycles. The van der Waals surface area contributed by atoms with Gasteiger partial charge in [-0.05, 0) is 42.3 Å². The van der Waals surface area contributed by atoms with Crippen molar-refractivity contribution in [1.29, 1.82) is 0 Å². The fourth-order valence-electron chi connectivity index (χ4n) is 2.29. The largest absolute Gasteiger partial charge is 0.339 e. The van der Waals surface area contributed by atoms with Gasteiger partial charge < -0.3 is 10.6 Å². The molecule has 0 unspecified atom stereocenters. The monoisotopic (exact) mass is 336 g/mol. The second-order valence-electron chi connectivity index (χ2n) is 5.47. The highest BCUT2D eigenvalue weighted by atomic mass is 19.1. The molecule has 3 aromatic rings. The van der Waals surface area contributed by atoms with Gasteiger partial charge in [0.15, 0.2) is 11.6 Å². The van der Waals surface area contributed by atoms with Crippen molar-refractivity contribution in [3.63, 3.8) is 0 Å². The van der Waals surface area contributed by atoms with Crippen LogP contribution in [0, 0.1) is 5.82 Å². The minimum Gasteiger partial charge on any atom is -0.339 e. The van der Waals surface area contributed by atoms with Crippen LogP contribution in [-0.2, 0) is 11.2 Å². The Morgan fingerprint density at radius 1 is 0.920 bits per heavy atom. The predicted octanol–water partition coefficient (Wildman–Crippen LogP) is 3.93. The van der Waals surface area contributed by atoms with E-state index in [0.717, 1.165) is 5.56 Å². The number of hydrogen-bond donors (Lipinski definition) is 2. The molecule has 0 aliphatic heterocycles. The molecule has 0 radical (unpaired) electrons. The zero-order valence-electron chi connectivity index (χ0n) is 13.4. The third-order valence-electron chi connectivity index (χ3n) is 3.51. The Morgan fingerprint density at radius 3 is 2.40 bits per heavy atom. The summed E-state index contributed by atoms with van der Waals surface area (Å²) in [6.07, 6.45) is 1.04. The highest BCUT2D eigenvalue weighted by Crippen LogP contribution is 2.15. The number of anilines is 3. The Kier molecular flexibility index (Phi) is 5.31. The maximum atomic E-state index is 13.1. The van der Waals surface area contributed by atoms with Crippen LogP contribution >= 0.6 is 0 Å². The fraction of sp³-hybridized carbons (Fsp3) is 0.105. The molecule has 6 heteroatoms. The van der Waals surface area contributed by atoms with Crippen LogP contribution in [0.3, 0.4) is 0 Å². The third kappa shape index (κ3) is 5.10. The van der Waals surface area contributed by atoms with E-state index in [-0.39, 0.29) is 11.7 Å². The van der Waals surface area contributed by atoms with Crippen molar-refractivity contribution in [2.45, 2.75) is 12.8 Å². The minimum atomic E-state index is -0.333. The Morgan fingerprint density at radius 2 is 1.68 bits per heavy atom. The zero-order chi connectivity index (χ0) is 17.5. The molecule has 0 aliphatic rings. The highest BCUT2D eigenvalue weighted by Gasteiger charge is 2.05. The summed E-state index contributed by atoms with van der Waals surface area (Å²) in [4.78, 5) is 12.0. The second kappa shape index (κ2) is 8.01. The lowest BCUT2D eigenvalue weighted by Crippen LogP contribution is -2.14. The standard InChI is InChI=1S/C19H17FN4O/c20-15-7-4-8-16(13-15)21-17-10-11-18(24-23-17)22-19(25)12-9-14-5-2-1-3-6-14/h1-8,10-11,13H,9,12H2,(H,21,23)(H,22,24,25). The lowest BCUT2D eigenvalue weighted by Gasteiger charge is -2.07. The topological polar surface area (TPSA) is 66.9 Å². The Labute approximate surface area is 144 Å². The van der Waals surface area contributed by atoms with E-state index in [2.05, 4.69) is 20.8 Å². The van der Waals surface area contributed by atoms with Gasteiger partial charge in [-0.2, -0.15) is 0 Å². The molecule has 2 aromatic carbocycles. The smallest absolute Gasteiger partial charge is 0.225 e. The molecule has 2 N–H and O–H groups in total. The number of benzene rings is 2. The number of rotatable bonds is 6. The van der Waals surface area contributed by atoms with Crippen LogP contribution in [-0.4, -0.2) is 16.1 Å². The first kappa shape index (κ1) is 16.6. The van der Waals surface area contributed by atoms with E-state index >= 15 is 0 Å². The lowest BCUT2D eigenvalue weighted by molar-refractivity contribution is -0.116. The van der Waals surface area contributed by atoms with Gasteiger partial charge >= 0.3 is 0 Å². The molecule has 0 aliphatic carbocycles. The van der Waals surface area contributed by atoms with Crippen LogP contribution < -0.4 is 10.6 Å². The van der Waals surface area contributed by atoms with Gasteiger partial charge in [0, 0.05) is 12.1 Å². The van der Waals surface area contributed by atoms with E-state index in [9.17, 15) is 9.18 Å². The molecule has 0 saturated heterocycles. The van der Waals surface area contributed by atoms with Crippen molar-refractivity contribution in [3.05, 3.63) is 78.1 Å². The normalized spacial score (nSPS) is 10.3. The van der Waals surface area contributed by atoms with E-state index < -0.39 is 0 Å². The summed E-state index contributed by atoms with van der Waals surface area (Å²) in [5.74, 6) is 0.389. The molecule has 0 spiro atoms. The summed E-state index contributed by atoms with van der Waals surface area (Å²) >= 11 is 0. The van der Waals surface area contributed by atoms with Crippen molar-refractivity contribution < 1.29 is 9.18 Å². The number of amides is 1. The minimum absolute atomic E-state index is 0.121. The van der Waals surface area contributed by atoms with Gasteiger partial charge in [-0.3, -0.25) is 4.79 Å². The van der Waals surface area contributed by atoms with Crippen LogP contribution in [0.4, 0.5) is 21.7 Å². The fourth-order valence-corrected chi connectivity index (χ4v) is 2.29. The summed E-state index contributed by atoms with van der Waals surface area (Å²) in [5, 5.41) is 13.6. The van der Waals surface area contributed by atoms with Crippen molar-refractivity contribution in [2.24, 2.45) is 0 Å². The summed E-state index contributed by atoms with van der Waals surface area (Å²) < 4.78 is 13.1. The number of carbonyl (C=O) groups excluding carboxylic acids is 1. The lowest BCUT2D eigenvalue weighted by atomic mass is 10.1. The van der Waals surface area contributed by atoms with E-state index in [1.165, 1.54) is 12.1 Å². The molecule has 0 atom stereocenters. The molecular formula is C19H17FN4O. The Hall–Kier alpha value is -3.28. The highest BCUT2D eigenvalue weighted by molar-refractivity contribution is 5.89. The average Bonchev–Trinajstić information content (AvgIpc) is 2.63. The number of nitrogens with zero attached hydrogens (tertiary/aromatic N) is 2. The van der Waals surface area contributed by atoms with Gasteiger partial charge in [0.25, 0.3) is 0 Å². The van der Waals surface area contributed by atoms with E-state index in [4.69, 9.17) is 0 Å². The summed E-state index contributed by atoms with van der Waals surface area (Å²) in [6, 6.07) is 19.2. The molecule has 0 fully saturated rings. The van der Waals surface area contributed by atoms with Crippen molar-refractivity contribution in [1.82, 2.24) is 10.2 Å². The first-order valence-corrected chi connectivity index (χ1v) is 7.89. The molecule has 0 bridgehead atoms. The molecule has 1 amide bonds. The number of hydrogen-bond acceptors (Lipinski definition) is 4. The number of aromatic nitrogens is 2.